The van der Waals surface area contributed by atoms with Crippen LogP contribution in [0.3, 0.4) is 0 Å². The number of aromatic nitrogens is 1. The van der Waals surface area contributed by atoms with Crippen molar-refractivity contribution in [1.82, 2.24) is 20.1 Å². The van der Waals surface area contributed by atoms with E-state index in [-0.39, 0.29) is 30.1 Å². The fourth-order valence-corrected chi connectivity index (χ4v) is 4.33. The monoisotopic (exact) mass is 576 g/mol. The van der Waals surface area contributed by atoms with E-state index in [2.05, 4.69) is 91.5 Å². The summed E-state index contributed by atoms with van der Waals surface area (Å²) in [6.45, 7) is 10.4. The summed E-state index contributed by atoms with van der Waals surface area (Å²) in [5, 5.41) is 3.55. The zero-order chi connectivity index (χ0) is 22.9. The second-order valence-electron chi connectivity index (χ2n) is 8.65. The molecule has 4 rings (SSSR count). The lowest BCUT2D eigenvalue weighted by atomic mass is 10.2. The number of anilines is 1. The molecule has 3 heterocycles. The van der Waals surface area contributed by atoms with Gasteiger partial charge in [0.15, 0.2) is 5.96 Å². The van der Waals surface area contributed by atoms with Gasteiger partial charge in [-0.3, -0.25) is 9.89 Å². The van der Waals surface area contributed by atoms with Gasteiger partial charge in [-0.15, -0.1) is 24.0 Å². The largest absolute Gasteiger partial charge is 0.375 e. The number of halogens is 1. The first-order chi connectivity index (χ1) is 16.2. The van der Waals surface area contributed by atoms with Gasteiger partial charge in [0.2, 0.25) is 0 Å². The van der Waals surface area contributed by atoms with Crippen molar-refractivity contribution in [2.45, 2.75) is 19.6 Å². The lowest BCUT2D eigenvalue weighted by Gasteiger charge is -2.36. The van der Waals surface area contributed by atoms with Gasteiger partial charge >= 0.3 is 0 Å². The predicted molar refractivity (Wildman–Crippen MR) is 151 cm³/mol. The van der Waals surface area contributed by atoms with Crippen molar-refractivity contribution in [3.63, 3.8) is 0 Å². The Balaban J connectivity index is 0.00000324. The summed E-state index contributed by atoms with van der Waals surface area (Å²) in [5.74, 6) is 1.99. The smallest absolute Gasteiger partial charge is 0.194 e. The van der Waals surface area contributed by atoms with E-state index in [1.807, 2.05) is 13.2 Å². The number of pyridine rings is 1. The van der Waals surface area contributed by atoms with E-state index in [9.17, 15) is 0 Å². The van der Waals surface area contributed by atoms with E-state index < -0.39 is 0 Å². The maximum Gasteiger partial charge on any atom is 0.194 e. The van der Waals surface area contributed by atoms with Crippen LogP contribution in [0, 0.1) is 0 Å². The lowest BCUT2D eigenvalue weighted by molar-refractivity contribution is 0.0529. The van der Waals surface area contributed by atoms with Crippen molar-refractivity contribution < 1.29 is 4.74 Å². The highest BCUT2D eigenvalue weighted by Gasteiger charge is 2.20. The number of hydrogen-bond acceptors (Lipinski definition) is 5. The van der Waals surface area contributed by atoms with Gasteiger partial charge in [0.25, 0.3) is 0 Å². The maximum absolute atomic E-state index is 5.66. The van der Waals surface area contributed by atoms with Gasteiger partial charge in [-0.25, -0.2) is 4.98 Å². The molecule has 7 nitrogen and oxygen atoms in total. The molecule has 2 aliphatic heterocycles. The Morgan fingerprint density at radius 3 is 2.68 bits per heavy atom. The zero-order valence-electron chi connectivity index (χ0n) is 20.3. The summed E-state index contributed by atoms with van der Waals surface area (Å²) < 4.78 is 5.66. The van der Waals surface area contributed by atoms with Crippen LogP contribution in [0.5, 0.6) is 0 Å². The van der Waals surface area contributed by atoms with Crippen molar-refractivity contribution in [2.24, 2.45) is 4.99 Å². The standard InChI is InChI=1S/C26H36N6O.HI/c1-22-21-32(17-18-33-22)25-19-24(10-11-28-25)20-29-26(27-2)31-15-13-30(14-16-31)12-6-9-23-7-4-3-5-8-23;/h3-11,19,22H,12-18,20-21H2,1-2H3,(H,27,29);1H/b9-6+;. The fraction of sp³-hybridized carbons (Fsp3) is 0.462. The third-order valence-corrected chi connectivity index (χ3v) is 6.18. The molecule has 2 fully saturated rings. The Labute approximate surface area is 220 Å². The maximum atomic E-state index is 5.66. The molecule has 1 aromatic heterocycles. The number of rotatable bonds is 6. The first-order valence-electron chi connectivity index (χ1n) is 11.9. The average Bonchev–Trinajstić information content (AvgIpc) is 2.86. The number of benzene rings is 1. The lowest BCUT2D eigenvalue weighted by Crippen LogP contribution is -2.52. The van der Waals surface area contributed by atoms with Gasteiger partial charge < -0.3 is 19.9 Å². The molecule has 34 heavy (non-hydrogen) atoms. The predicted octanol–water partition coefficient (Wildman–Crippen LogP) is 3.33. The van der Waals surface area contributed by atoms with E-state index in [1.54, 1.807) is 0 Å². The minimum atomic E-state index is 0. The topological polar surface area (TPSA) is 56.2 Å². The molecule has 8 heteroatoms. The highest BCUT2D eigenvalue weighted by atomic mass is 127. The van der Waals surface area contributed by atoms with E-state index in [4.69, 9.17) is 4.74 Å². The summed E-state index contributed by atoms with van der Waals surface area (Å²) in [7, 11) is 1.87. The SMILES string of the molecule is CN=C(NCc1ccnc(N2CCOC(C)C2)c1)N1CCN(C/C=C/c2ccccc2)CC1.I. The molecule has 1 atom stereocenters. The molecule has 0 radical (unpaired) electrons. The Kier molecular flexibility index (Phi) is 10.6. The van der Waals surface area contributed by atoms with Gasteiger partial charge in [0, 0.05) is 65.6 Å². The molecule has 0 bridgehead atoms. The molecule has 1 N–H and O–H groups in total. The number of nitrogens with one attached hydrogen (secondary N) is 1. The van der Waals surface area contributed by atoms with Crippen molar-refractivity contribution in [3.8, 4) is 0 Å². The van der Waals surface area contributed by atoms with Crippen molar-refractivity contribution in [2.75, 3.05) is 64.4 Å². The number of aliphatic imine (C=N–C) groups is 1. The summed E-state index contributed by atoms with van der Waals surface area (Å²) >= 11 is 0. The van der Waals surface area contributed by atoms with Crippen LogP contribution >= 0.6 is 24.0 Å². The summed E-state index contributed by atoms with van der Waals surface area (Å²) in [6.07, 6.45) is 6.60. The van der Waals surface area contributed by atoms with E-state index in [0.717, 1.165) is 70.7 Å². The average molecular weight is 577 g/mol. The van der Waals surface area contributed by atoms with E-state index >= 15 is 0 Å². The van der Waals surface area contributed by atoms with Gasteiger partial charge in [0.05, 0.1) is 12.7 Å². The molecule has 0 saturated carbocycles. The van der Waals surface area contributed by atoms with Crippen LogP contribution in [0.15, 0.2) is 59.7 Å². The van der Waals surface area contributed by atoms with Gasteiger partial charge in [-0.2, -0.15) is 0 Å². The number of morpholine rings is 1. The van der Waals surface area contributed by atoms with Crippen LogP contribution in [0.4, 0.5) is 5.82 Å². The Morgan fingerprint density at radius 1 is 1.15 bits per heavy atom. The van der Waals surface area contributed by atoms with Gasteiger partial charge in [-0.05, 0) is 30.2 Å². The van der Waals surface area contributed by atoms with Crippen molar-refractivity contribution in [1.29, 1.82) is 0 Å². The summed E-state index contributed by atoms with van der Waals surface area (Å²) in [6, 6.07) is 14.7. The second kappa shape index (κ2) is 13.7. The molecular formula is C26H37IN6O. The first-order valence-corrected chi connectivity index (χ1v) is 11.9. The molecule has 184 valence electrons. The molecule has 1 aromatic carbocycles. The Bertz CT molecular complexity index is 930. The third-order valence-electron chi connectivity index (χ3n) is 6.18. The molecular weight excluding hydrogens is 539 g/mol. The Morgan fingerprint density at radius 2 is 1.94 bits per heavy atom. The highest BCUT2D eigenvalue weighted by Crippen LogP contribution is 2.16. The number of guanidine groups is 1. The molecule has 1 unspecified atom stereocenters. The van der Waals surface area contributed by atoms with Crippen LogP contribution in [0.2, 0.25) is 0 Å². The molecule has 2 aliphatic rings. The number of ether oxygens (including phenoxy) is 1. The van der Waals surface area contributed by atoms with Crippen LogP contribution in [0.1, 0.15) is 18.1 Å². The summed E-state index contributed by atoms with van der Waals surface area (Å²) in [4.78, 5) is 16.3. The molecule has 0 amide bonds. The second-order valence-corrected chi connectivity index (χ2v) is 8.65. The molecule has 2 aromatic rings. The van der Waals surface area contributed by atoms with Crippen LogP contribution in [-0.4, -0.2) is 86.3 Å². The summed E-state index contributed by atoms with van der Waals surface area (Å²) in [5.41, 5.74) is 2.47. The van der Waals surface area contributed by atoms with Crippen molar-refractivity contribution >= 4 is 41.8 Å². The van der Waals surface area contributed by atoms with Crippen LogP contribution in [-0.2, 0) is 11.3 Å². The van der Waals surface area contributed by atoms with Crippen LogP contribution in [0.25, 0.3) is 6.08 Å². The number of piperazine rings is 1. The van der Waals surface area contributed by atoms with Gasteiger partial charge in [-0.1, -0.05) is 42.5 Å². The number of hydrogen-bond donors (Lipinski definition) is 1. The minimum Gasteiger partial charge on any atom is -0.375 e. The quantitative estimate of drug-likeness (QED) is 0.324. The molecule has 0 spiro atoms. The molecule has 0 aliphatic carbocycles. The van der Waals surface area contributed by atoms with E-state index in [0.29, 0.717) is 0 Å². The highest BCUT2D eigenvalue weighted by molar-refractivity contribution is 14.0. The third kappa shape index (κ3) is 7.68. The van der Waals surface area contributed by atoms with Crippen LogP contribution < -0.4 is 10.2 Å². The minimum absolute atomic E-state index is 0. The fourth-order valence-electron chi connectivity index (χ4n) is 4.33. The van der Waals surface area contributed by atoms with Gasteiger partial charge in [0.1, 0.15) is 5.82 Å². The normalized spacial score (nSPS) is 19.8. The number of nitrogens with zero attached hydrogens (tertiary/aromatic N) is 5. The van der Waals surface area contributed by atoms with E-state index in [1.165, 1.54) is 11.1 Å². The Hall–Kier alpha value is -2.17. The van der Waals surface area contributed by atoms with Crippen molar-refractivity contribution in [3.05, 3.63) is 65.9 Å². The molecule has 2 saturated heterocycles. The first kappa shape index (κ1) is 26.4. The zero-order valence-corrected chi connectivity index (χ0v) is 22.6.